The maximum absolute atomic E-state index is 13.0. The number of amides is 1. The topological polar surface area (TPSA) is 76.4 Å². The van der Waals surface area contributed by atoms with Crippen LogP contribution in [-0.4, -0.2) is 33.8 Å². The summed E-state index contributed by atoms with van der Waals surface area (Å²) in [5.74, 6) is 0.795. The number of nitrogens with zero attached hydrogens (tertiary/aromatic N) is 2. The summed E-state index contributed by atoms with van der Waals surface area (Å²) in [6.45, 7) is 0. The normalized spacial score (nSPS) is 20.1. The van der Waals surface area contributed by atoms with E-state index in [4.69, 9.17) is 4.74 Å². The largest absolute Gasteiger partial charge is 0.497 e. The summed E-state index contributed by atoms with van der Waals surface area (Å²) in [5.41, 5.74) is 2.34. The fourth-order valence-corrected chi connectivity index (χ4v) is 3.77. The molecule has 3 aromatic rings. The zero-order valence-electron chi connectivity index (χ0n) is 15.4. The van der Waals surface area contributed by atoms with Gasteiger partial charge in [-0.05, 0) is 49.1 Å². The van der Waals surface area contributed by atoms with Crippen LogP contribution in [0.5, 0.6) is 5.75 Å². The number of aryl methyl sites for hydroxylation is 1. The molecule has 0 spiro atoms. The van der Waals surface area contributed by atoms with Gasteiger partial charge in [0.25, 0.3) is 5.91 Å². The van der Waals surface area contributed by atoms with Crippen LogP contribution in [-0.2, 0) is 7.05 Å². The summed E-state index contributed by atoms with van der Waals surface area (Å²) in [6.07, 6.45) is 2.79. The van der Waals surface area contributed by atoms with Crippen LogP contribution in [0.2, 0.25) is 0 Å². The van der Waals surface area contributed by atoms with Gasteiger partial charge in [-0.15, -0.1) is 0 Å². The summed E-state index contributed by atoms with van der Waals surface area (Å²) in [4.78, 5) is 17.5. The molecule has 1 aliphatic rings. The molecule has 6 nitrogen and oxygen atoms in total. The highest BCUT2D eigenvalue weighted by atomic mass is 16.5. The van der Waals surface area contributed by atoms with E-state index in [1.165, 1.54) is 0 Å². The summed E-state index contributed by atoms with van der Waals surface area (Å²) >= 11 is 0. The Morgan fingerprint density at radius 3 is 2.78 bits per heavy atom. The number of fused-ring (bicyclic) bond motifs is 1. The molecule has 1 aromatic carbocycles. The molecule has 1 amide bonds. The Bertz CT molecular complexity index is 961. The van der Waals surface area contributed by atoms with Gasteiger partial charge in [-0.3, -0.25) is 9.78 Å². The molecule has 1 saturated carbocycles. The van der Waals surface area contributed by atoms with Crippen molar-refractivity contribution in [2.24, 2.45) is 13.0 Å². The predicted octanol–water partition coefficient (Wildman–Crippen LogP) is 2.82. The Kier molecular flexibility index (Phi) is 4.58. The molecule has 2 aromatic heterocycles. The van der Waals surface area contributed by atoms with E-state index in [0.29, 0.717) is 18.5 Å². The van der Waals surface area contributed by atoms with Gasteiger partial charge in [-0.25, -0.2) is 0 Å². The lowest BCUT2D eigenvalue weighted by atomic mass is 9.76. The highest BCUT2D eigenvalue weighted by Gasteiger charge is 2.36. The molecule has 0 bridgehead atoms. The van der Waals surface area contributed by atoms with Crippen molar-refractivity contribution in [2.75, 3.05) is 7.11 Å². The first-order chi connectivity index (χ1) is 13.1. The highest BCUT2D eigenvalue weighted by molar-refractivity contribution is 5.99. The summed E-state index contributed by atoms with van der Waals surface area (Å²) in [5, 5.41) is 13.8. The van der Waals surface area contributed by atoms with E-state index in [1.54, 1.807) is 13.3 Å². The Balaban J connectivity index is 1.63. The van der Waals surface area contributed by atoms with E-state index in [9.17, 15) is 9.90 Å². The molecule has 27 heavy (non-hydrogen) atoms. The van der Waals surface area contributed by atoms with Crippen molar-refractivity contribution >= 4 is 16.8 Å². The van der Waals surface area contributed by atoms with E-state index in [2.05, 4.69) is 10.3 Å². The van der Waals surface area contributed by atoms with Crippen LogP contribution in [0, 0.1) is 5.92 Å². The first-order valence-electron chi connectivity index (χ1n) is 9.10. The zero-order valence-corrected chi connectivity index (χ0v) is 15.4. The molecule has 0 saturated heterocycles. The van der Waals surface area contributed by atoms with Crippen LogP contribution < -0.4 is 10.1 Å². The number of benzene rings is 1. The van der Waals surface area contributed by atoms with Gasteiger partial charge in [-0.2, -0.15) is 0 Å². The Morgan fingerprint density at radius 2 is 2.11 bits per heavy atom. The standard InChI is InChI=1S/C21H23N3O3/c1-24-18-12-16(27-2)7-6-13(18)11-19(24)21(26)23-20(14-9-15(25)10-14)17-5-3-4-8-22-17/h3-8,11-12,14-15,20,25H,9-10H2,1-2H3,(H,23,26)/t14?,15?,20-/m1/s1. The molecule has 0 radical (unpaired) electrons. The molecular weight excluding hydrogens is 342 g/mol. The van der Waals surface area contributed by atoms with Gasteiger partial charge in [-0.1, -0.05) is 6.07 Å². The molecule has 1 fully saturated rings. The number of methoxy groups -OCH3 is 1. The van der Waals surface area contributed by atoms with Gasteiger partial charge in [0.15, 0.2) is 0 Å². The van der Waals surface area contributed by atoms with Crippen LogP contribution in [0.3, 0.4) is 0 Å². The molecule has 1 atom stereocenters. The van der Waals surface area contributed by atoms with E-state index >= 15 is 0 Å². The lowest BCUT2D eigenvalue weighted by Crippen LogP contribution is -2.42. The Morgan fingerprint density at radius 1 is 1.30 bits per heavy atom. The molecule has 0 unspecified atom stereocenters. The first-order valence-corrected chi connectivity index (χ1v) is 9.10. The van der Waals surface area contributed by atoms with Gasteiger partial charge in [0.2, 0.25) is 0 Å². The van der Waals surface area contributed by atoms with Crippen LogP contribution in [0.4, 0.5) is 0 Å². The smallest absolute Gasteiger partial charge is 0.268 e. The Hall–Kier alpha value is -2.86. The number of ether oxygens (including phenoxy) is 1. The van der Waals surface area contributed by atoms with Crippen molar-refractivity contribution in [1.82, 2.24) is 14.9 Å². The van der Waals surface area contributed by atoms with Crippen molar-refractivity contribution in [1.29, 1.82) is 0 Å². The monoisotopic (exact) mass is 365 g/mol. The summed E-state index contributed by atoms with van der Waals surface area (Å²) < 4.78 is 7.16. The van der Waals surface area contributed by atoms with Crippen LogP contribution in [0.1, 0.15) is 35.1 Å². The molecule has 1 aliphatic carbocycles. The van der Waals surface area contributed by atoms with Crippen molar-refractivity contribution in [3.63, 3.8) is 0 Å². The minimum absolute atomic E-state index is 0.148. The van der Waals surface area contributed by atoms with E-state index < -0.39 is 0 Å². The number of nitrogens with one attached hydrogen (secondary N) is 1. The van der Waals surface area contributed by atoms with Crippen molar-refractivity contribution in [2.45, 2.75) is 25.0 Å². The number of pyridine rings is 1. The molecule has 6 heteroatoms. The molecule has 0 aliphatic heterocycles. The minimum Gasteiger partial charge on any atom is -0.497 e. The lowest BCUT2D eigenvalue weighted by Gasteiger charge is -2.37. The fourth-order valence-electron chi connectivity index (χ4n) is 3.77. The lowest BCUT2D eigenvalue weighted by molar-refractivity contribution is 0.0227. The maximum atomic E-state index is 13.0. The predicted molar refractivity (Wildman–Crippen MR) is 103 cm³/mol. The van der Waals surface area contributed by atoms with Crippen LogP contribution >= 0.6 is 0 Å². The van der Waals surface area contributed by atoms with Gasteiger partial charge in [0, 0.05) is 24.7 Å². The second-order valence-corrected chi connectivity index (χ2v) is 7.10. The molecular formula is C21H23N3O3. The second-order valence-electron chi connectivity index (χ2n) is 7.10. The molecule has 140 valence electrons. The van der Waals surface area contributed by atoms with Crippen LogP contribution in [0.15, 0.2) is 48.7 Å². The van der Waals surface area contributed by atoms with Gasteiger partial charge in [0.1, 0.15) is 11.4 Å². The van der Waals surface area contributed by atoms with E-state index in [0.717, 1.165) is 22.3 Å². The number of aromatic nitrogens is 2. The van der Waals surface area contributed by atoms with Gasteiger partial charge >= 0.3 is 0 Å². The fraction of sp³-hybridized carbons (Fsp3) is 0.333. The number of aliphatic hydroxyl groups is 1. The number of rotatable bonds is 5. The minimum atomic E-state index is -0.289. The third kappa shape index (κ3) is 3.28. The van der Waals surface area contributed by atoms with Gasteiger partial charge < -0.3 is 19.7 Å². The number of carbonyl (C=O) groups excluding carboxylic acids is 1. The first kappa shape index (κ1) is 17.5. The molecule has 2 N–H and O–H groups in total. The average Bonchev–Trinajstić information content (AvgIpc) is 3.00. The number of hydrogen-bond acceptors (Lipinski definition) is 4. The SMILES string of the molecule is COc1ccc2cc(C(=O)N[C@@H](c3ccccn3)C3CC(O)C3)n(C)c2c1. The van der Waals surface area contributed by atoms with E-state index in [1.807, 2.05) is 54.1 Å². The number of carbonyl (C=O) groups is 1. The highest BCUT2D eigenvalue weighted by Crippen LogP contribution is 2.37. The Labute approximate surface area is 157 Å². The van der Waals surface area contributed by atoms with Crippen molar-refractivity contribution < 1.29 is 14.6 Å². The summed E-state index contributed by atoms with van der Waals surface area (Å²) in [7, 11) is 3.50. The molecule has 2 heterocycles. The quantitative estimate of drug-likeness (QED) is 0.729. The molecule has 4 rings (SSSR count). The average molecular weight is 365 g/mol. The third-order valence-corrected chi connectivity index (χ3v) is 5.40. The van der Waals surface area contributed by atoms with Crippen LogP contribution in [0.25, 0.3) is 10.9 Å². The third-order valence-electron chi connectivity index (χ3n) is 5.40. The number of aliphatic hydroxyl groups excluding tert-OH is 1. The van der Waals surface area contributed by atoms with Crippen molar-refractivity contribution in [3.05, 3.63) is 60.0 Å². The number of hydrogen-bond donors (Lipinski definition) is 2. The van der Waals surface area contributed by atoms with Gasteiger partial charge in [0.05, 0.1) is 30.5 Å². The second kappa shape index (κ2) is 7.04. The maximum Gasteiger partial charge on any atom is 0.268 e. The van der Waals surface area contributed by atoms with Crippen molar-refractivity contribution in [3.8, 4) is 5.75 Å². The zero-order chi connectivity index (χ0) is 19.0. The van der Waals surface area contributed by atoms with E-state index in [-0.39, 0.29) is 24.0 Å². The summed E-state index contributed by atoms with van der Waals surface area (Å²) in [6, 6.07) is 13.1.